The van der Waals surface area contributed by atoms with E-state index in [1.165, 1.54) is 0 Å². The molecule has 1 unspecified atom stereocenters. The van der Waals surface area contributed by atoms with Crippen molar-refractivity contribution in [1.82, 2.24) is 28.8 Å². The number of nitrogens with zero attached hydrogens (tertiary/aromatic N) is 7. The molecule has 0 amide bonds. The van der Waals surface area contributed by atoms with Gasteiger partial charge in [0, 0.05) is 29.4 Å². The van der Waals surface area contributed by atoms with Gasteiger partial charge in [0.25, 0.3) is 0 Å². The van der Waals surface area contributed by atoms with Crippen molar-refractivity contribution in [2.24, 2.45) is 4.99 Å². The molecule has 4 heterocycles. The van der Waals surface area contributed by atoms with Gasteiger partial charge >= 0.3 is 0 Å². The third-order valence-corrected chi connectivity index (χ3v) is 13.5. The van der Waals surface area contributed by atoms with Crippen LogP contribution in [-0.2, 0) is 0 Å². The Labute approximate surface area is 411 Å². The first-order valence-electron chi connectivity index (χ1n) is 24.0. The van der Waals surface area contributed by atoms with Gasteiger partial charge in [-0.3, -0.25) is 14.0 Å². The summed E-state index contributed by atoms with van der Waals surface area (Å²) < 4.78 is 4.59. The molecule has 7 nitrogen and oxygen atoms in total. The molecule has 0 saturated carbocycles. The van der Waals surface area contributed by atoms with Gasteiger partial charge in [-0.1, -0.05) is 182 Å². The Morgan fingerprint density at radius 1 is 0.380 bits per heavy atom. The lowest BCUT2D eigenvalue weighted by molar-refractivity contribution is 0.364. The highest BCUT2D eigenvalue weighted by atomic mass is 15.2. The van der Waals surface area contributed by atoms with Crippen LogP contribution >= 0.6 is 0 Å². The molecule has 0 N–H and O–H groups in total. The summed E-state index contributed by atoms with van der Waals surface area (Å²) in [5.41, 5.74) is 19.6. The molecule has 336 valence electrons. The fourth-order valence-corrected chi connectivity index (χ4v) is 10.1. The molecule has 1 aliphatic rings. The molecule has 13 rings (SSSR count). The predicted octanol–water partition coefficient (Wildman–Crippen LogP) is 15.0. The highest BCUT2D eigenvalue weighted by Gasteiger charge is 2.26. The van der Waals surface area contributed by atoms with E-state index in [1.807, 2.05) is 24.3 Å². The fourth-order valence-electron chi connectivity index (χ4n) is 10.1. The minimum atomic E-state index is -0.200. The zero-order valence-electron chi connectivity index (χ0n) is 38.9. The van der Waals surface area contributed by atoms with Gasteiger partial charge in [0.1, 0.15) is 6.17 Å². The van der Waals surface area contributed by atoms with Gasteiger partial charge in [-0.15, -0.1) is 0 Å². The zero-order chi connectivity index (χ0) is 47.3. The number of para-hydroxylation sites is 4. The van der Waals surface area contributed by atoms with Crippen molar-refractivity contribution in [2.75, 3.05) is 7.05 Å². The Hall–Kier alpha value is -9.46. The maximum atomic E-state index is 5.33. The first-order valence-corrected chi connectivity index (χ1v) is 24.0. The first-order chi connectivity index (χ1) is 35.1. The number of rotatable bonds is 9. The van der Waals surface area contributed by atoms with Crippen LogP contribution in [0.5, 0.6) is 0 Å². The van der Waals surface area contributed by atoms with Crippen LogP contribution in [0.2, 0.25) is 0 Å². The van der Waals surface area contributed by atoms with Crippen LogP contribution in [0.15, 0.2) is 254 Å². The lowest BCUT2D eigenvalue weighted by Crippen LogP contribution is -2.27. The second kappa shape index (κ2) is 17.6. The Bertz CT molecular complexity index is 3950. The van der Waals surface area contributed by atoms with Crippen molar-refractivity contribution in [3.63, 3.8) is 0 Å². The van der Waals surface area contributed by atoms with E-state index in [0.717, 1.165) is 112 Å². The number of fused-ring (bicyclic) bond motifs is 5. The van der Waals surface area contributed by atoms with Gasteiger partial charge in [0.15, 0.2) is 5.82 Å². The van der Waals surface area contributed by atoms with Crippen molar-refractivity contribution in [3.05, 3.63) is 265 Å². The summed E-state index contributed by atoms with van der Waals surface area (Å²) in [5.74, 6) is 1.54. The molecule has 0 fully saturated rings. The molecule has 12 aromatic rings. The van der Waals surface area contributed by atoms with Crippen LogP contribution in [0.3, 0.4) is 0 Å². The molecule has 1 aliphatic heterocycles. The summed E-state index contributed by atoms with van der Waals surface area (Å²) in [5, 5.41) is 0. The number of hydrogen-bond acceptors (Lipinski definition) is 5. The van der Waals surface area contributed by atoms with E-state index in [0.29, 0.717) is 5.82 Å². The van der Waals surface area contributed by atoms with Crippen molar-refractivity contribution in [1.29, 1.82) is 0 Å². The van der Waals surface area contributed by atoms with Gasteiger partial charge in [-0.05, 0) is 106 Å². The van der Waals surface area contributed by atoms with Gasteiger partial charge in [0.05, 0.1) is 44.9 Å². The van der Waals surface area contributed by atoms with Crippen LogP contribution in [0.25, 0.3) is 95.4 Å². The van der Waals surface area contributed by atoms with E-state index in [4.69, 9.17) is 19.9 Å². The number of allylic oxidation sites excluding steroid dienone is 1. The van der Waals surface area contributed by atoms with Crippen molar-refractivity contribution in [3.8, 4) is 61.8 Å². The maximum Gasteiger partial charge on any atom is 0.220 e. The van der Waals surface area contributed by atoms with Crippen molar-refractivity contribution in [2.45, 2.75) is 6.17 Å². The number of aliphatic imine (C=N–C) groups is 1. The monoisotopic (exact) mass is 911 g/mol. The van der Waals surface area contributed by atoms with E-state index >= 15 is 0 Å². The molecule has 1 atom stereocenters. The smallest absolute Gasteiger partial charge is 0.220 e. The number of hydrogen-bond donors (Lipinski definition) is 0. The first kappa shape index (κ1) is 41.7. The van der Waals surface area contributed by atoms with Crippen LogP contribution in [0.4, 0.5) is 0 Å². The third kappa shape index (κ3) is 7.66. The minimum absolute atomic E-state index is 0.200. The topological polar surface area (TPSA) is 63.6 Å². The summed E-state index contributed by atoms with van der Waals surface area (Å²) in [6.45, 7) is 0. The van der Waals surface area contributed by atoms with Gasteiger partial charge in [0.2, 0.25) is 5.78 Å². The van der Waals surface area contributed by atoms with E-state index < -0.39 is 0 Å². The maximum absolute atomic E-state index is 5.33. The van der Waals surface area contributed by atoms with E-state index in [9.17, 15) is 0 Å². The average Bonchev–Trinajstić information content (AvgIpc) is 3.99. The zero-order valence-corrected chi connectivity index (χ0v) is 38.9. The normalized spacial score (nSPS) is 13.7. The summed E-state index contributed by atoms with van der Waals surface area (Å²) in [6, 6.07) is 85.3. The van der Waals surface area contributed by atoms with E-state index in [1.54, 1.807) is 0 Å². The average molecular weight is 912 g/mol. The van der Waals surface area contributed by atoms with Crippen molar-refractivity contribution >= 4 is 39.3 Å². The highest BCUT2D eigenvalue weighted by molar-refractivity contribution is 6.13. The molecule has 0 saturated heterocycles. The Balaban J connectivity index is 0.993. The van der Waals surface area contributed by atoms with Gasteiger partial charge in [-0.2, -0.15) is 0 Å². The summed E-state index contributed by atoms with van der Waals surface area (Å²) in [6.07, 6.45) is 2.03. The van der Waals surface area contributed by atoms with Crippen LogP contribution in [0.1, 0.15) is 22.9 Å². The highest BCUT2D eigenvalue weighted by Crippen LogP contribution is 2.39. The summed E-state index contributed by atoms with van der Waals surface area (Å²) in [7, 11) is 2.15. The second-order valence-electron chi connectivity index (χ2n) is 18.0. The van der Waals surface area contributed by atoms with Gasteiger partial charge in [-0.25, -0.2) is 15.0 Å². The Kier molecular flexibility index (Phi) is 10.3. The molecule has 3 aromatic heterocycles. The Morgan fingerprint density at radius 2 is 0.887 bits per heavy atom. The summed E-state index contributed by atoms with van der Waals surface area (Å²) >= 11 is 0. The van der Waals surface area contributed by atoms with Gasteiger partial charge < -0.3 is 4.90 Å². The summed E-state index contributed by atoms with van der Waals surface area (Å²) in [4.78, 5) is 23.2. The van der Waals surface area contributed by atoms with E-state index in [2.05, 4.69) is 245 Å². The minimum Gasteiger partial charge on any atom is -0.349 e. The molecule has 0 spiro atoms. The van der Waals surface area contributed by atoms with Crippen LogP contribution < -0.4 is 0 Å². The van der Waals surface area contributed by atoms with Crippen molar-refractivity contribution < 1.29 is 0 Å². The molecule has 0 radical (unpaired) electrons. The fraction of sp³-hybridized carbons (Fsp3) is 0.0312. The molecular weight excluding hydrogens is 867 g/mol. The lowest BCUT2D eigenvalue weighted by atomic mass is 9.94. The number of imidazole rings is 2. The lowest BCUT2D eigenvalue weighted by Gasteiger charge is -2.34. The number of benzene rings is 9. The standard InChI is InChI=1S/C64H45N7/c1-69-61(42-57(44-22-8-3-9-23-44)67-63(69)46-26-12-5-13-27-46)50-31-19-29-48(37-50)52-38-51(39-53(40-52)70-59-34-16-17-35-60(59)71-58-33-15-14-32-54(58)68-64(70)71)47-28-18-30-49(36-47)56-41-55(43-20-6-2-7-21-43)65-62(66-56)45-24-10-4-11-25-45/h2-42,63H,1H3. The molecule has 0 bridgehead atoms. The van der Waals surface area contributed by atoms with Crippen LogP contribution in [-0.4, -0.2) is 41.6 Å². The van der Waals surface area contributed by atoms with Crippen LogP contribution in [0, 0.1) is 0 Å². The second-order valence-corrected chi connectivity index (χ2v) is 18.0. The molecule has 71 heavy (non-hydrogen) atoms. The quantitative estimate of drug-likeness (QED) is 0.145. The van der Waals surface area contributed by atoms with E-state index in [-0.39, 0.29) is 6.17 Å². The predicted molar refractivity (Wildman–Crippen MR) is 290 cm³/mol. The largest absolute Gasteiger partial charge is 0.349 e. The third-order valence-electron chi connectivity index (χ3n) is 13.5. The molecular formula is C64H45N7. The SMILES string of the molecule is CN1C(c2cccc(-c3cc(-c4cccc(-c5cc(-c6ccccc6)nc(-c6ccccc6)n5)c4)cc(-n4c5ccccc5n5c6ccccc6nc45)c3)c2)=CC(c2ccccc2)=NC1c1ccccc1. The Morgan fingerprint density at radius 3 is 1.58 bits per heavy atom. The molecule has 9 aromatic carbocycles. The number of aromatic nitrogens is 5. The molecule has 7 heteroatoms. The molecule has 0 aliphatic carbocycles.